The third-order valence-electron chi connectivity index (χ3n) is 4.92. The Labute approximate surface area is 180 Å². The molecule has 1 aromatic carbocycles. The highest BCUT2D eigenvalue weighted by Crippen LogP contribution is 2.29. The number of hydrogen-bond acceptors (Lipinski definition) is 2. The zero-order valence-corrected chi connectivity index (χ0v) is 19.1. The van der Waals surface area contributed by atoms with E-state index in [4.69, 9.17) is 4.74 Å². The fourth-order valence-electron chi connectivity index (χ4n) is 3.21. The summed E-state index contributed by atoms with van der Waals surface area (Å²) in [4.78, 5) is 0. The van der Waals surface area contributed by atoms with Crippen LogP contribution < -0.4 is 0 Å². The molecule has 5 heteroatoms. The van der Waals surface area contributed by atoms with Gasteiger partial charge in [-0.05, 0) is 68.7 Å². The average molecular weight is 433 g/mol. The van der Waals surface area contributed by atoms with Gasteiger partial charge >= 0.3 is 6.18 Å². The Hall–Kier alpha value is -0.680. The van der Waals surface area contributed by atoms with Crippen molar-refractivity contribution < 1.29 is 17.9 Å². The molecular formula is C24H39F3OS. The van der Waals surface area contributed by atoms with Gasteiger partial charge in [0.15, 0.2) is 0 Å². The second-order valence-electron chi connectivity index (χ2n) is 8.01. The maximum Gasteiger partial charge on any atom is 0.416 e. The molecule has 1 nitrogen and oxygen atoms in total. The molecule has 0 spiro atoms. The zero-order valence-electron chi connectivity index (χ0n) is 18.2. The van der Waals surface area contributed by atoms with Gasteiger partial charge in [-0.2, -0.15) is 24.9 Å². The highest BCUT2D eigenvalue weighted by atomic mass is 32.2. The molecule has 0 aliphatic carbocycles. The largest absolute Gasteiger partial charge is 0.416 e. The molecule has 168 valence electrons. The van der Waals surface area contributed by atoms with E-state index in [0.717, 1.165) is 37.9 Å². The van der Waals surface area contributed by atoms with Crippen LogP contribution >= 0.6 is 11.8 Å². The fraction of sp³-hybridized carbons (Fsp3) is 0.750. The fourth-order valence-corrected chi connectivity index (χ4v) is 4.15. The van der Waals surface area contributed by atoms with Crippen LogP contribution in [0.4, 0.5) is 13.2 Å². The summed E-state index contributed by atoms with van der Waals surface area (Å²) in [6, 6.07) is 5.60. The predicted molar refractivity (Wildman–Crippen MR) is 120 cm³/mol. The summed E-state index contributed by atoms with van der Waals surface area (Å²) in [5, 5.41) is 0. The van der Waals surface area contributed by atoms with E-state index in [2.05, 4.69) is 13.8 Å². The SMILES string of the molecule is CC(C)OCCCSCCCCCCCCCCCc1ccc(C(F)(F)F)cc1. The Morgan fingerprint density at radius 1 is 0.759 bits per heavy atom. The molecule has 0 radical (unpaired) electrons. The van der Waals surface area contributed by atoms with Crippen molar-refractivity contribution in [1.29, 1.82) is 0 Å². The van der Waals surface area contributed by atoms with Crippen LogP contribution in [0.2, 0.25) is 0 Å². The van der Waals surface area contributed by atoms with Crippen LogP contribution in [0, 0.1) is 0 Å². The maximum atomic E-state index is 12.5. The second kappa shape index (κ2) is 16.1. The summed E-state index contributed by atoms with van der Waals surface area (Å²) in [7, 11) is 0. The molecule has 0 amide bonds. The van der Waals surface area contributed by atoms with E-state index in [1.54, 1.807) is 12.1 Å². The molecule has 0 bridgehead atoms. The van der Waals surface area contributed by atoms with Crippen molar-refractivity contribution >= 4 is 11.8 Å². The Morgan fingerprint density at radius 2 is 1.28 bits per heavy atom. The van der Waals surface area contributed by atoms with Crippen molar-refractivity contribution in [2.24, 2.45) is 0 Å². The van der Waals surface area contributed by atoms with Gasteiger partial charge in [0.25, 0.3) is 0 Å². The molecule has 0 fully saturated rings. The molecule has 0 aliphatic rings. The van der Waals surface area contributed by atoms with Gasteiger partial charge in [-0.25, -0.2) is 0 Å². The number of halogens is 3. The lowest BCUT2D eigenvalue weighted by molar-refractivity contribution is -0.137. The van der Waals surface area contributed by atoms with Crippen molar-refractivity contribution in [3.63, 3.8) is 0 Å². The second-order valence-corrected chi connectivity index (χ2v) is 9.24. The molecular weight excluding hydrogens is 393 g/mol. The van der Waals surface area contributed by atoms with Crippen LogP contribution in [0.5, 0.6) is 0 Å². The number of hydrogen-bond donors (Lipinski definition) is 0. The summed E-state index contributed by atoms with van der Waals surface area (Å²) in [6.45, 7) is 5.04. The van der Waals surface area contributed by atoms with E-state index < -0.39 is 11.7 Å². The van der Waals surface area contributed by atoms with Crippen molar-refractivity contribution in [3.05, 3.63) is 35.4 Å². The molecule has 0 saturated carbocycles. The minimum absolute atomic E-state index is 0.346. The first kappa shape index (κ1) is 26.4. The van der Waals surface area contributed by atoms with Gasteiger partial charge in [0.1, 0.15) is 0 Å². The van der Waals surface area contributed by atoms with Crippen molar-refractivity contribution in [2.75, 3.05) is 18.1 Å². The Bertz CT molecular complexity index is 500. The lowest BCUT2D eigenvalue weighted by Gasteiger charge is -2.07. The van der Waals surface area contributed by atoms with Gasteiger partial charge in [0, 0.05) is 6.61 Å². The molecule has 0 atom stereocenters. The maximum absolute atomic E-state index is 12.5. The predicted octanol–water partition coefficient (Wildman–Crippen LogP) is 8.31. The highest BCUT2D eigenvalue weighted by molar-refractivity contribution is 7.99. The number of rotatable bonds is 17. The first-order chi connectivity index (χ1) is 13.9. The third kappa shape index (κ3) is 14.9. The molecule has 0 aliphatic heterocycles. The Morgan fingerprint density at radius 3 is 1.83 bits per heavy atom. The highest BCUT2D eigenvalue weighted by Gasteiger charge is 2.29. The quantitative estimate of drug-likeness (QED) is 0.229. The van der Waals surface area contributed by atoms with Gasteiger partial charge < -0.3 is 4.74 Å². The van der Waals surface area contributed by atoms with E-state index >= 15 is 0 Å². The number of benzene rings is 1. The molecule has 0 unspecified atom stereocenters. The number of aryl methyl sites for hydroxylation is 1. The van der Waals surface area contributed by atoms with Crippen LogP contribution in [-0.2, 0) is 17.3 Å². The average Bonchev–Trinajstić information content (AvgIpc) is 2.67. The lowest BCUT2D eigenvalue weighted by Crippen LogP contribution is -2.04. The number of ether oxygens (including phenoxy) is 1. The van der Waals surface area contributed by atoms with E-state index in [0.29, 0.717) is 6.10 Å². The topological polar surface area (TPSA) is 9.23 Å². The summed E-state index contributed by atoms with van der Waals surface area (Å²) in [6.07, 6.45) is 9.50. The Balaban J connectivity index is 1.83. The van der Waals surface area contributed by atoms with E-state index in [1.165, 1.54) is 68.6 Å². The molecule has 0 aromatic heterocycles. The monoisotopic (exact) mass is 432 g/mol. The van der Waals surface area contributed by atoms with Crippen molar-refractivity contribution in [2.45, 2.75) is 96.8 Å². The van der Waals surface area contributed by atoms with Crippen LogP contribution in [-0.4, -0.2) is 24.2 Å². The normalized spacial score (nSPS) is 12.1. The Kier molecular flexibility index (Phi) is 14.6. The van der Waals surface area contributed by atoms with E-state index in [1.807, 2.05) is 11.8 Å². The molecule has 0 N–H and O–H groups in total. The molecule has 0 heterocycles. The van der Waals surface area contributed by atoms with Gasteiger partial charge in [-0.1, -0.05) is 57.1 Å². The summed E-state index contributed by atoms with van der Waals surface area (Å²) >= 11 is 2.05. The molecule has 0 saturated heterocycles. The first-order valence-corrected chi connectivity index (χ1v) is 12.4. The smallest absolute Gasteiger partial charge is 0.379 e. The minimum Gasteiger partial charge on any atom is -0.379 e. The van der Waals surface area contributed by atoms with Gasteiger partial charge in [0.2, 0.25) is 0 Å². The summed E-state index contributed by atoms with van der Waals surface area (Å²) in [5.41, 5.74) is 0.444. The number of unbranched alkanes of at least 4 members (excludes halogenated alkanes) is 8. The van der Waals surface area contributed by atoms with Crippen molar-refractivity contribution in [1.82, 2.24) is 0 Å². The minimum atomic E-state index is -4.24. The van der Waals surface area contributed by atoms with E-state index in [-0.39, 0.29) is 0 Å². The third-order valence-corrected chi connectivity index (χ3v) is 6.07. The van der Waals surface area contributed by atoms with Crippen LogP contribution in [0.25, 0.3) is 0 Å². The van der Waals surface area contributed by atoms with Crippen LogP contribution in [0.1, 0.15) is 89.2 Å². The lowest BCUT2D eigenvalue weighted by atomic mass is 10.0. The van der Waals surface area contributed by atoms with Crippen LogP contribution in [0.15, 0.2) is 24.3 Å². The number of alkyl halides is 3. The summed E-state index contributed by atoms with van der Waals surface area (Å²) < 4.78 is 43.1. The van der Waals surface area contributed by atoms with Gasteiger partial charge in [0.05, 0.1) is 11.7 Å². The number of thioether (sulfide) groups is 1. The zero-order chi connectivity index (χ0) is 21.4. The summed E-state index contributed by atoms with van der Waals surface area (Å²) in [5.74, 6) is 2.48. The van der Waals surface area contributed by atoms with E-state index in [9.17, 15) is 13.2 Å². The molecule has 1 aromatic rings. The van der Waals surface area contributed by atoms with Gasteiger partial charge in [-0.3, -0.25) is 0 Å². The van der Waals surface area contributed by atoms with Gasteiger partial charge in [-0.15, -0.1) is 0 Å². The molecule has 29 heavy (non-hydrogen) atoms. The van der Waals surface area contributed by atoms with Crippen molar-refractivity contribution in [3.8, 4) is 0 Å². The first-order valence-electron chi connectivity index (χ1n) is 11.2. The molecule has 1 rings (SSSR count). The standard InChI is InChI=1S/C24H39F3OS/c1-21(2)28-18-12-20-29-19-11-9-7-5-3-4-6-8-10-13-22-14-16-23(17-15-22)24(25,26)27/h14-17,21H,3-13,18-20H2,1-2H3. The van der Waals surface area contributed by atoms with Crippen LogP contribution in [0.3, 0.4) is 0 Å².